The number of aliphatic hydroxyl groups is 1. The first-order valence-corrected chi connectivity index (χ1v) is 12.2. The van der Waals surface area contributed by atoms with Crippen LogP contribution in [0.2, 0.25) is 0 Å². The lowest BCUT2D eigenvalue weighted by molar-refractivity contribution is -0.227. The predicted octanol–water partition coefficient (Wildman–Crippen LogP) is 4.40. The van der Waals surface area contributed by atoms with Gasteiger partial charge in [0.05, 0.1) is 12.0 Å². The molecule has 4 aliphatic carbocycles. The Morgan fingerprint density at radius 1 is 1.30 bits per heavy atom. The third-order valence-corrected chi connectivity index (χ3v) is 9.62. The molecule has 182 valence electrons. The molecule has 5 nitrogen and oxygen atoms in total. The average Bonchev–Trinajstić information content (AvgIpc) is 2.99. The Kier molecular flexibility index (Phi) is 5.73. The second kappa shape index (κ2) is 7.70. The van der Waals surface area contributed by atoms with E-state index in [9.17, 15) is 23.9 Å². The number of ether oxygens (including phenoxy) is 1. The Labute approximate surface area is 197 Å². The Morgan fingerprint density at radius 3 is 2.58 bits per heavy atom. The van der Waals surface area contributed by atoms with Gasteiger partial charge in [-0.2, -0.15) is 0 Å². The van der Waals surface area contributed by atoms with E-state index >= 15 is 4.39 Å². The molecule has 8 heteroatoms. The molecule has 0 aliphatic heterocycles. The Balaban J connectivity index is 1.87. The molecule has 1 N–H and O–H groups in total. The summed E-state index contributed by atoms with van der Waals surface area (Å²) < 4.78 is 37.9. The van der Waals surface area contributed by atoms with Crippen LogP contribution < -0.4 is 0 Å². The SMILES string of the molecule is CCC(=O)O[C@]1(C(=O)CCl)[C@@H](C)C[C@H]2[C@@H]3CCC4=C(F)C(=O)C=C[C@]4(C)[C@@]3(F)[C@@H](O)C[C@@]21C. The van der Waals surface area contributed by atoms with Crippen LogP contribution in [-0.2, 0) is 19.1 Å². The van der Waals surface area contributed by atoms with Crippen molar-refractivity contribution in [2.75, 3.05) is 5.88 Å². The molecule has 4 aliphatic rings. The molecule has 0 bridgehead atoms. The first kappa shape index (κ1) is 24.5. The fraction of sp³-hybridized carbons (Fsp3) is 0.720. The number of alkyl halides is 2. The largest absolute Gasteiger partial charge is 0.450 e. The number of carbonyl (C=O) groups is 3. The second-order valence-electron chi connectivity index (χ2n) is 10.6. The molecule has 0 spiro atoms. The Bertz CT molecular complexity index is 978. The molecule has 0 amide bonds. The van der Waals surface area contributed by atoms with Gasteiger partial charge in [-0.15, -0.1) is 11.6 Å². The van der Waals surface area contributed by atoms with E-state index in [2.05, 4.69) is 0 Å². The van der Waals surface area contributed by atoms with Crippen LogP contribution in [0.5, 0.6) is 0 Å². The van der Waals surface area contributed by atoms with Gasteiger partial charge in [-0.1, -0.05) is 26.8 Å². The van der Waals surface area contributed by atoms with Crippen LogP contribution in [0.1, 0.15) is 59.8 Å². The van der Waals surface area contributed by atoms with Gasteiger partial charge in [-0.25, -0.2) is 8.78 Å². The second-order valence-corrected chi connectivity index (χ2v) is 10.9. The third-order valence-electron chi connectivity index (χ3n) is 9.37. The van der Waals surface area contributed by atoms with Crippen molar-refractivity contribution in [3.05, 3.63) is 23.6 Å². The first-order valence-electron chi connectivity index (χ1n) is 11.7. The minimum atomic E-state index is -2.24. The summed E-state index contributed by atoms with van der Waals surface area (Å²) in [5, 5.41) is 11.4. The van der Waals surface area contributed by atoms with Gasteiger partial charge in [0, 0.05) is 29.1 Å². The van der Waals surface area contributed by atoms with Crippen LogP contribution in [-0.4, -0.2) is 45.9 Å². The van der Waals surface area contributed by atoms with Gasteiger partial charge < -0.3 is 9.84 Å². The summed E-state index contributed by atoms with van der Waals surface area (Å²) in [7, 11) is 0. The fourth-order valence-corrected chi connectivity index (χ4v) is 8.03. The third kappa shape index (κ3) is 2.81. The van der Waals surface area contributed by atoms with Crippen molar-refractivity contribution in [1.29, 1.82) is 0 Å². The molecule has 33 heavy (non-hydrogen) atoms. The normalized spacial score (nSPS) is 46.5. The van der Waals surface area contributed by atoms with E-state index in [1.165, 1.54) is 13.0 Å². The molecule has 3 saturated carbocycles. The standard InChI is InChI=1S/C25H31ClF2O5/c1-5-20(32)33-25(19(31)12-26)13(2)10-16-14-6-7-15-21(27)17(29)8-9-22(15,3)24(14,28)18(30)11-23(16,25)4/h8-9,13-14,16,18,30H,5-7,10-12H2,1-4H3/t13-,14-,16-,18-,22-,23-,24-,25-/m0/s1. The number of ketones is 2. The van der Waals surface area contributed by atoms with E-state index in [1.807, 2.05) is 0 Å². The van der Waals surface area contributed by atoms with Gasteiger partial charge in [0.25, 0.3) is 0 Å². The Hall–Kier alpha value is -1.60. The summed E-state index contributed by atoms with van der Waals surface area (Å²) in [6.45, 7) is 6.75. The van der Waals surface area contributed by atoms with Crippen molar-refractivity contribution in [3.8, 4) is 0 Å². The highest BCUT2D eigenvalue weighted by Gasteiger charge is 2.77. The lowest BCUT2D eigenvalue weighted by atomic mass is 9.44. The number of Topliss-reactive ketones (excluding diaryl/α,β-unsaturated/α-hetero) is 1. The quantitative estimate of drug-likeness (QED) is 0.472. The first-order chi connectivity index (χ1) is 15.3. The van der Waals surface area contributed by atoms with Crippen LogP contribution in [0.4, 0.5) is 8.78 Å². The van der Waals surface area contributed by atoms with Crippen molar-refractivity contribution in [2.45, 2.75) is 77.2 Å². The van der Waals surface area contributed by atoms with Gasteiger partial charge in [0.2, 0.25) is 5.78 Å². The number of aliphatic hydroxyl groups excluding tert-OH is 1. The summed E-state index contributed by atoms with van der Waals surface area (Å²) in [6, 6.07) is 0. The highest BCUT2D eigenvalue weighted by atomic mass is 35.5. The molecule has 0 aromatic rings. The number of hydrogen-bond acceptors (Lipinski definition) is 5. The fourth-order valence-electron chi connectivity index (χ4n) is 7.83. The van der Waals surface area contributed by atoms with E-state index in [4.69, 9.17) is 16.3 Å². The van der Waals surface area contributed by atoms with Gasteiger partial charge >= 0.3 is 5.97 Å². The van der Waals surface area contributed by atoms with Crippen molar-refractivity contribution < 1.29 is 33.0 Å². The van der Waals surface area contributed by atoms with Crippen LogP contribution in [0, 0.1) is 28.6 Å². The number of carbonyl (C=O) groups excluding carboxylic acids is 3. The summed E-state index contributed by atoms with van der Waals surface area (Å²) in [6.07, 6.45) is 1.57. The molecule has 0 radical (unpaired) electrons. The average molecular weight is 485 g/mol. The predicted molar refractivity (Wildman–Crippen MR) is 118 cm³/mol. The zero-order valence-electron chi connectivity index (χ0n) is 19.4. The molecule has 0 saturated heterocycles. The highest BCUT2D eigenvalue weighted by Crippen LogP contribution is 2.71. The molecular weight excluding hydrogens is 454 g/mol. The maximum Gasteiger partial charge on any atom is 0.306 e. The van der Waals surface area contributed by atoms with Crippen LogP contribution in [0.3, 0.4) is 0 Å². The van der Waals surface area contributed by atoms with Gasteiger partial charge in [0.1, 0.15) is 0 Å². The van der Waals surface area contributed by atoms with Gasteiger partial charge in [-0.05, 0) is 50.2 Å². The molecular formula is C25H31ClF2O5. The van der Waals surface area contributed by atoms with Gasteiger partial charge in [0.15, 0.2) is 22.9 Å². The minimum absolute atomic E-state index is 0.0636. The topological polar surface area (TPSA) is 80.7 Å². The van der Waals surface area contributed by atoms with Crippen molar-refractivity contribution >= 4 is 29.1 Å². The summed E-state index contributed by atoms with van der Waals surface area (Å²) >= 11 is 5.98. The van der Waals surface area contributed by atoms with E-state index in [-0.39, 0.29) is 37.1 Å². The van der Waals surface area contributed by atoms with Gasteiger partial charge in [-0.3, -0.25) is 14.4 Å². The van der Waals surface area contributed by atoms with Crippen molar-refractivity contribution in [1.82, 2.24) is 0 Å². The molecule has 4 rings (SSSR count). The zero-order chi connectivity index (χ0) is 24.6. The van der Waals surface area contributed by atoms with Crippen LogP contribution in [0.25, 0.3) is 0 Å². The Morgan fingerprint density at radius 2 is 1.97 bits per heavy atom. The molecule has 8 atom stereocenters. The zero-order valence-corrected chi connectivity index (χ0v) is 20.2. The lowest BCUT2D eigenvalue weighted by Crippen LogP contribution is -2.70. The maximum absolute atomic E-state index is 17.2. The summed E-state index contributed by atoms with van der Waals surface area (Å²) in [5.41, 5.74) is -6.26. The summed E-state index contributed by atoms with van der Waals surface area (Å²) in [4.78, 5) is 37.7. The van der Waals surface area contributed by atoms with Crippen LogP contribution in [0.15, 0.2) is 23.6 Å². The van der Waals surface area contributed by atoms with E-state index in [1.54, 1.807) is 20.8 Å². The summed E-state index contributed by atoms with van der Waals surface area (Å²) in [5.74, 6) is -4.67. The lowest BCUT2D eigenvalue weighted by Gasteiger charge is -2.62. The van der Waals surface area contributed by atoms with E-state index in [0.717, 1.165) is 6.08 Å². The maximum atomic E-state index is 17.2. The molecule has 3 fully saturated rings. The number of rotatable bonds is 4. The molecule has 0 heterocycles. The molecule has 0 aromatic carbocycles. The number of fused-ring (bicyclic) bond motifs is 5. The monoisotopic (exact) mass is 484 g/mol. The number of hydrogen-bond donors (Lipinski definition) is 1. The number of allylic oxidation sites excluding steroid dienone is 4. The van der Waals surface area contributed by atoms with E-state index in [0.29, 0.717) is 6.42 Å². The van der Waals surface area contributed by atoms with Crippen molar-refractivity contribution in [2.24, 2.45) is 28.6 Å². The van der Waals surface area contributed by atoms with Crippen molar-refractivity contribution in [3.63, 3.8) is 0 Å². The molecule has 0 unspecified atom stereocenters. The van der Waals surface area contributed by atoms with Crippen LogP contribution >= 0.6 is 11.6 Å². The minimum Gasteiger partial charge on any atom is -0.450 e. The molecule has 0 aromatic heterocycles. The smallest absolute Gasteiger partial charge is 0.306 e. The number of halogens is 3. The van der Waals surface area contributed by atoms with E-state index < -0.39 is 69.3 Å². The number of esters is 1. The highest BCUT2D eigenvalue weighted by molar-refractivity contribution is 6.29.